The quantitative estimate of drug-likeness (QED) is 0.435. The maximum absolute atomic E-state index is 11.2. The Morgan fingerprint density at radius 1 is 1.17 bits per heavy atom. The molecule has 0 aromatic heterocycles. The van der Waals surface area contributed by atoms with Gasteiger partial charge in [0.1, 0.15) is 0 Å². The minimum atomic E-state index is -0.775. The Kier molecular flexibility index (Phi) is 6.01. The van der Waals surface area contributed by atoms with E-state index in [4.69, 9.17) is 0 Å². The zero-order chi connectivity index (χ0) is 16.8. The van der Waals surface area contributed by atoms with Gasteiger partial charge in [0.05, 0.1) is 0 Å². The van der Waals surface area contributed by atoms with Gasteiger partial charge in [0.2, 0.25) is 0 Å². The number of hydrogen-bond donors (Lipinski definition) is 1. The third kappa shape index (κ3) is 4.04. The second-order valence-corrected chi connectivity index (χ2v) is 9.41. The van der Waals surface area contributed by atoms with Crippen LogP contribution < -0.4 is 0 Å². The molecular formula is C22H26OSe. The normalized spacial score (nSPS) is 23.7. The van der Waals surface area contributed by atoms with E-state index in [0.29, 0.717) is 19.8 Å². The molecule has 24 heavy (non-hydrogen) atoms. The van der Waals surface area contributed by atoms with Crippen molar-refractivity contribution in [2.45, 2.75) is 61.2 Å². The van der Waals surface area contributed by atoms with Gasteiger partial charge in [-0.2, -0.15) is 0 Å². The molecule has 3 rings (SSSR count). The molecule has 2 atom stereocenters. The standard InChI is InChI=1S/C22H26OSe/c1-2-3-17-24-21-13-6-7-15-22(21,23)16-14-19-11-8-10-18-9-4-5-12-20(18)19/h4-5,8-12,21,23H,2-3,6-7,13,15,17H2,1H3. The summed E-state index contributed by atoms with van der Waals surface area (Å²) in [5, 5.41) is 14.9. The van der Waals surface area contributed by atoms with Gasteiger partial charge in [-0.25, -0.2) is 0 Å². The molecule has 0 heterocycles. The molecule has 1 aliphatic carbocycles. The van der Waals surface area contributed by atoms with Crippen LogP contribution in [-0.4, -0.2) is 25.7 Å². The average Bonchev–Trinajstić information content (AvgIpc) is 2.62. The summed E-state index contributed by atoms with van der Waals surface area (Å²) in [6.07, 6.45) is 6.85. The first-order valence-electron chi connectivity index (χ1n) is 9.08. The minimum absolute atomic E-state index is 0.396. The molecule has 0 bridgehead atoms. The number of rotatable bonds is 4. The molecule has 0 amide bonds. The van der Waals surface area contributed by atoms with Crippen molar-refractivity contribution in [3.8, 4) is 11.8 Å². The number of unbranched alkanes of at least 4 members (excludes halogenated alkanes) is 1. The third-order valence-corrected chi connectivity index (χ3v) is 8.08. The molecule has 1 saturated carbocycles. The Balaban J connectivity index is 1.85. The zero-order valence-electron chi connectivity index (χ0n) is 14.4. The molecule has 2 heteroatoms. The number of fused-ring (bicyclic) bond motifs is 1. The molecule has 2 unspecified atom stereocenters. The van der Waals surface area contributed by atoms with Crippen LogP contribution in [0.15, 0.2) is 42.5 Å². The van der Waals surface area contributed by atoms with E-state index >= 15 is 0 Å². The molecule has 2 aromatic carbocycles. The SMILES string of the molecule is CCCC[Se]C1CCCCC1(O)C#Cc1cccc2ccccc12. The van der Waals surface area contributed by atoms with Gasteiger partial charge in [0, 0.05) is 0 Å². The summed E-state index contributed by atoms with van der Waals surface area (Å²) < 4.78 is 0. The Morgan fingerprint density at radius 3 is 2.88 bits per heavy atom. The van der Waals surface area contributed by atoms with Crippen LogP contribution >= 0.6 is 0 Å². The van der Waals surface area contributed by atoms with Crippen LogP contribution in [0.1, 0.15) is 51.0 Å². The van der Waals surface area contributed by atoms with Crippen molar-refractivity contribution in [1.29, 1.82) is 0 Å². The van der Waals surface area contributed by atoms with Crippen LogP contribution in [0.3, 0.4) is 0 Å². The molecule has 0 radical (unpaired) electrons. The molecule has 0 aliphatic heterocycles. The summed E-state index contributed by atoms with van der Waals surface area (Å²) in [7, 11) is 0. The van der Waals surface area contributed by atoms with Crippen LogP contribution in [0, 0.1) is 11.8 Å². The van der Waals surface area contributed by atoms with Crippen molar-refractivity contribution < 1.29 is 5.11 Å². The molecule has 1 nitrogen and oxygen atoms in total. The Bertz CT molecular complexity index is 737. The van der Waals surface area contributed by atoms with Crippen molar-refractivity contribution in [2.75, 3.05) is 0 Å². The predicted molar refractivity (Wildman–Crippen MR) is 103 cm³/mol. The van der Waals surface area contributed by atoms with Crippen LogP contribution in [0.4, 0.5) is 0 Å². The monoisotopic (exact) mass is 386 g/mol. The Labute approximate surface area is 152 Å². The predicted octanol–water partition coefficient (Wildman–Crippen LogP) is 5.21. The van der Waals surface area contributed by atoms with Crippen molar-refractivity contribution in [3.63, 3.8) is 0 Å². The van der Waals surface area contributed by atoms with Crippen LogP contribution in [0.5, 0.6) is 0 Å². The van der Waals surface area contributed by atoms with E-state index in [1.54, 1.807) is 0 Å². The van der Waals surface area contributed by atoms with Gasteiger partial charge < -0.3 is 0 Å². The van der Waals surface area contributed by atoms with Gasteiger partial charge in [-0.3, -0.25) is 0 Å². The van der Waals surface area contributed by atoms with E-state index in [2.05, 4.69) is 61.2 Å². The van der Waals surface area contributed by atoms with Crippen LogP contribution in [-0.2, 0) is 0 Å². The van der Waals surface area contributed by atoms with Crippen molar-refractivity contribution in [3.05, 3.63) is 48.0 Å². The molecule has 126 valence electrons. The van der Waals surface area contributed by atoms with Crippen molar-refractivity contribution >= 4 is 25.7 Å². The van der Waals surface area contributed by atoms with E-state index < -0.39 is 5.60 Å². The molecule has 0 spiro atoms. The third-order valence-electron chi connectivity index (χ3n) is 4.83. The van der Waals surface area contributed by atoms with Gasteiger partial charge in [0.15, 0.2) is 0 Å². The summed E-state index contributed by atoms with van der Waals surface area (Å²) in [6.45, 7) is 2.24. The fraction of sp³-hybridized carbons (Fsp3) is 0.455. The Hall–Kier alpha value is -1.26. The van der Waals surface area contributed by atoms with Gasteiger partial charge >= 0.3 is 152 Å². The number of aliphatic hydroxyl groups is 1. The molecule has 1 N–H and O–H groups in total. The molecular weight excluding hydrogens is 359 g/mol. The molecule has 1 fully saturated rings. The van der Waals surface area contributed by atoms with Gasteiger partial charge in [0.25, 0.3) is 0 Å². The second kappa shape index (κ2) is 8.21. The first-order chi connectivity index (χ1) is 11.7. The van der Waals surface area contributed by atoms with Crippen molar-refractivity contribution in [2.24, 2.45) is 0 Å². The molecule has 0 saturated heterocycles. The van der Waals surface area contributed by atoms with Gasteiger partial charge in [-0.15, -0.1) is 0 Å². The van der Waals surface area contributed by atoms with Crippen molar-refractivity contribution in [1.82, 2.24) is 0 Å². The summed E-state index contributed by atoms with van der Waals surface area (Å²) >= 11 is 0.499. The first-order valence-corrected chi connectivity index (χ1v) is 11.3. The van der Waals surface area contributed by atoms with E-state index in [0.717, 1.165) is 24.8 Å². The maximum atomic E-state index is 11.2. The topological polar surface area (TPSA) is 20.2 Å². The fourth-order valence-corrected chi connectivity index (χ4v) is 6.57. The first kappa shape index (κ1) is 17.6. The fourth-order valence-electron chi connectivity index (χ4n) is 3.37. The number of hydrogen-bond acceptors (Lipinski definition) is 1. The molecule has 1 aliphatic rings. The van der Waals surface area contributed by atoms with E-state index in [9.17, 15) is 5.11 Å². The Morgan fingerprint density at radius 2 is 2.00 bits per heavy atom. The van der Waals surface area contributed by atoms with Gasteiger partial charge in [-0.1, -0.05) is 0 Å². The summed E-state index contributed by atoms with van der Waals surface area (Å²) in [6, 6.07) is 14.6. The second-order valence-electron chi connectivity index (χ2n) is 6.66. The van der Waals surface area contributed by atoms with E-state index in [-0.39, 0.29) is 0 Å². The zero-order valence-corrected chi connectivity index (χ0v) is 16.1. The number of benzene rings is 2. The average molecular weight is 385 g/mol. The van der Waals surface area contributed by atoms with E-state index in [1.165, 1.54) is 35.4 Å². The summed E-state index contributed by atoms with van der Waals surface area (Å²) in [5.74, 6) is 6.63. The van der Waals surface area contributed by atoms with Crippen LogP contribution in [0.25, 0.3) is 10.8 Å². The molecule has 2 aromatic rings. The van der Waals surface area contributed by atoms with Crippen LogP contribution in [0.2, 0.25) is 10.1 Å². The van der Waals surface area contributed by atoms with E-state index in [1.807, 2.05) is 0 Å². The van der Waals surface area contributed by atoms with Gasteiger partial charge in [-0.05, 0) is 0 Å². The summed E-state index contributed by atoms with van der Waals surface area (Å²) in [4.78, 5) is 0.396. The summed E-state index contributed by atoms with van der Waals surface area (Å²) in [5.41, 5.74) is 0.259.